The molecule has 1 aliphatic heterocycles. The lowest BCUT2D eigenvalue weighted by atomic mass is 10.0. The number of carboxylic acid groups (broad SMARTS) is 1. The zero-order valence-electron chi connectivity index (χ0n) is 13.7. The summed E-state index contributed by atoms with van der Waals surface area (Å²) in [6.45, 7) is 4.92. The van der Waals surface area contributed by atoms with E-state index in [-0.39, 0.29) is 25.1 Å². The standard InChI is InChI=1S/C13H18F3N3O5S/c1-7(2)19-11(24-25(22,23)13(14,15)16)10-8(3)6-18(12(20)21)5-4-9(10)17-19/h7-8H,4-6H2,1-3H3,(H,20,21). The van der Waals surface area contributed by atoms with Crippen molar-refractivity contribution in [2.24, 2.45) is 0 Å². The number of carbonyl (C=O) groups is 1. The molecule has 1 N–H and O–H groups in total. The SMILES string of the molecule is CC1CN(C(=O)O)CCc2nn(C(C)C)c(OS(=O)(=O)C(F)(F)F)c21. The van der Waals surface area contributed by atoms with Crippen LogP contribution >= 0.6 is 0 Å². The smallest absolute Gasteiger partial charge is 0.465 e. The van der Waals surface area contributed by atoms with Gasteiger partial charge in [-0.15, -0.1) is 0 Å². The highest BCUT2D eigenvalue weighted by atomic mass is 32.2. The summed E-state index contributed by atoms with van der Waals surface area (Å²) in [6.07, 6.45) is -1.02. The molecule has 2 rings (SSSR count). The Kier molecular flexibility index (Phi) is 4.94. The van der Waals surface area contributed by atoms with E-state index in [0.29, 0.717) is 5.69 Å². The van der Waals surface area contributed by atoms with E-state index >= 15 is 0 Å². The summed E-state index contributed by atoms with van der Waals surface area (Å²) in [7, 11) is -5.87. The fourth-order valence-electron chi connectivity index (χ4n) is 2.67. The molecule has 2 heterocycles. The number of hydrogen-bond acceptors (Lipinski definition) is 5. The average Bonchev–Trinajstić information content (AvgIpc) is 2.70. The second-order valence-corrected chi connectivity index (χ2v) is 7.60. The number of nitrogens with zero attached hydrogens (tertiary/aromatic N) is 3. The monoisotopic (exact) mass is 385 g/mol. The summed E-state index contributed by atoms with van der Waals surface area (Å²) < 4.78 is 66.5. The van der Waals surface area contributed by atoms with Crippen LogP contribution in [0, 0.1) is 0 Å². The van der Waals surface area contributed by atoms with Crippen LogP contribution in [0.1, 0.15) is 44.0 Å². The van der Waals surface area contributed by atoms with Gasteiger partial charge in [0.05, 0.1) is 11.7 Å². The maximum atomic E-state index is 12.7. The topological polar surface area (TPSA) is 102 Å². The lowest BCUT2D eigenvalue weighted by Gasteiger charge is -2.21. The van der Waals surface area contributed by atoms with Gasteiger partial charge in [-0.2, -0.15) is 26.7 Å². The van der Waals surface area contributed by atoms with Gasteiger partial charge in [0.2, 0.25) is 5.88 Å². The Morgan fingerprint density at radius 2 is 2.00 bits per heavy atom. The minimum absolute atomic E-state index is 0.00541. The number of hydrogen-bond donors (Lipinski definition) is 1. The van der Waals surface area contributed by atoms with Crippen molar-refractivity contribution in [3.05, 3.63) is 11.3 Å². The normalized spacial score (nSPS) is 18.8. The average molecular weight is 385 g/mol. The van der Waals surface area contributed by atoms with E-state index in [1.807, 2.05) is 0 Å². The molecule has 1 aromatic heterocycles. The van der Waals surface area contributed by atoms with Crippen LogP contribution in [0.15, 0.2) is 0 Å². The number of alkyl halides is 3. The van der Waals surface area contributed by atoms with E-state index in [4.69, 9.17) is 5.11 Å². The Labute approximate surface area is 142 Å². The van der Waals surface area contributed by atoms with E-state index in [0.717, 1.165) is 9.58 Å². The Hall–Kier alpha value is -1.98. The molecule has 142 valence electrons. The molecule has 12 heteroatoms. The first-order chi connectivity index (χ1) is 11.3. The summed E-state index contributed by atoms with van der Waals surface area (Å²) >= 11 is 0. The van der Waals surface area contributed by atoms with Crippen LogP contribution in [0.5, 0.6) is 5.88 Å². The molecule has 1 aliphatic rings. The van der Waals surface area contributed by atoms with Crippen LogP contribution in [-0.4, -0.2) is 52.9 Å². The third kappa shape index (κ3) is 3.67. The van der Waals surface area contributed by atoms with Crippen molar-refractivity contribution in [2.75, 3.05) is 13.1 Å². The molecule has 1 aromatic rings. The van der Waals surface area contributed by atoms with E-state index in [9.17, 15) is 26.4 Å². The summed E-state index contributed by atoms with van der Waals surface area (Å²) in [4.78, 5) is 12.3. The minimum atomic E-state index is -5.87. The highest BCUT2D eigenvalue weighted by Crippen LogP contribution is 2.38. The van der Waals surface area contributed by atoms with Gasteiger partial charge < -0.3 is 14.2 Å². The zero-order chi connectivity index (χ0) is 19.2. The Bertz CT molecular complexity index is 773. The van der Waals surface area contributed by atoms with Gasteiger partial charge in [-0.1, -0.05) is 6.92 Å². The second kappa shape index (κ2) is 6.39. The fraction of sp³-hybridized carbons (Fsp3) is 0.692. The fourth-order valence-corrected chi connectivity index (χ4v) is 3.14. The first-order valence-corrected chi connectivity index (χ1v) is 8.86. The maximum Gasteiger partial charge on any atom is 0.534 e. The van der Waals surface area contributed by atoms with Gasteiger partial charge in [0, 0.05) is 31.0 Å². The largest absolute Gasteiger partial charge is 0.534 e. The summed E-state index contributed by atoms with van der Waals surface area (Å²) in [5.41, 5.74) is -5.06. The van der Waals surface area contributed by atoms with Crippen LogP contribution in [0.3, 0.4) is 0 Å². The second-order valence-electron chi connectivity index (χ2n) is 6.07. The van der Waals surface area contributed by atoms with E-state index in [1.54, 1.807) is 20.8 Å². The number of halogens is 3. The molecular formula is C13H18F3N3O5S. The van der Waals surface area contributed by atoms with Crippen molar-refractivity contribution >= 4 is 16.2 Å². The molecule has 0 aromatic carbocycles. The van der Waals surface area contributed by atoms with Gasteiger partial charge in [-0.3, -0.25) is 0 Å². The molecule has 0 aliphatic carbocycles. The van der Waals surface area contributed by atoms with E-state index < -0.39 is 39.6 Å². The van der Waals surface area contributed by atoms with Crippen molar-refractivity contribution in [3.8, 4) is 5.88 Å². The van der Waals surface area contributed by atoms with Crippen LogP contribution in [-0.2, 0) is 16.5 Å². The molecule has 1 amide bonds. The van der Waals surface area contributed by atoms with Gasteiger partial charge in [-0.25, -0.2) is 9.48 Å². The molecule has 0 bridgehead atoms. The van der Waals surface area contributed by atoms with Crippen LogP contribution in [0.4, 0.5) is 18.0 Å². The third-order valence-electron chi connectivity index (χ3n) is 3.82. The van der Waals surface area contributed by atoms with Crippen LogP contribution in [0.2, 0.25) is 0 Å². The number of aromatic nitrogens is 2. The first-order valence-electron chi connectivity index (χ1n) is 7.45. The van der Waals surface area contributed by atoms with Gasteiger partial charge in [0.1, 0.15) is 0 Å². The van der Waals surface area contributed by atoms with Gasteiger partial charge in [0.15, 0.2) is 0 Å². The zero-order valence-corrected chi connectivity index (χ0v) is 14.6. The van der Waals surface area contributed by atoms with E-state index in [2.05, 4.69) is 9.28 Å². The summed E-state index contributed by atoms with van der Waals surface area (Å²) in [5, 5.41) is 13.3. The predicted molar refractivity (Wildman–Crippen MR) is 79.9 cm³/mol. The molecule has 0 saturated carbocycles. The number of fused-ring (bicyclic) bond motifs is 1. The molecule has 8 nitrogen and oxygen atoms in total. The molecule has 0 spiro atoms. The minimum Gasteiger partial charge on any atom is -0.465 e. The van der Waals surface area contributed by atoms with Crippen molar-refractivity contribution in [2.45, 2.75) is 44.7 Å². The lowest BCUT2D eigenvalue weighted by molar-refractivity contribution is -0.0503. The maximum absolute atomic E-state index is 12.7. The first kappa shape index (κ1) is 19.3. The Balaban J connectivity index is 2.54. The lowest BCUT2D eigenvalue weighted by Crippen LogP contribution is -2.33. The Morgan fingerprint density at radius 1 is 1.40 bits per heavy atom. The highest BCUT2D eigenvalue weighted by molar-refractivity contribution is 7.87. The predicted octanol–water partition coefficient (Wildman–Crippen LogP) is 2.33. The summed E-state index contributed by atoms with van der Waals surface area (Å²) in [5.74, 6) is -1.10. The van der Waals surface area contributed by atoms with Crippen molar-refractivity contribution in [1.29, 1.82) is 0 Å². The van der Waals surface area contributed by atoms with Gasteiger partial charge >= 0.3 is 21.7 Å². The molecule has 1 unspecified atom stereocenters. The Morgan fingerprint density at radius 3 is 2.48 bits per heavy atom. The van der Waals surface area contributed by atoms with Crippen molar-refractivity contribution in [3.63, 3.8) is 0 Å². The van der Waals surface area contributed by atoms with E-state index in [1.165, 1.54) is 0 Å². The van der Waals surface area contributed by atoms with Crippen molar-refractivity contribution < 1.29 is 35.7 Å². The molecule has 0 fully saturated rings. The molecular weight excluding hydrogens is 367 g/mol. The number of amides is 1. The van der Waals surface area contributed by atoms with Crippen molar-refractivity contribution in [1.82, 2.24) is 14.7 Å². The molecule has 1 atom stereocenters. The van der Waals surface area contributed by atoms with Crippen LogP contribution < -0.4 is 4.18 Å². The van der Waals surface area contributed by atoms with Crippen LogP contribution in [0.25, 0.3) is 0 Å². The number of rotatable bonds is 3. The van der Waals surface area contributed by atoms with Gasteiger partial charge in [0.25, 0.3) is 0 Å². The quantitative estimate of drug-likeness (QED) is 0.633. The highest BCUT2D eigenvalue weighted by Gasteiger charge is 2.50. The molecule has 0 saturated heterocycles. The third-order valence-corrected chi connectivity index (χ3v) is 4.76. The molecule has 25 heavy (non-hydrogen) atoms. The molecule has 0 radical (unpaired) electrons. The van der Waals surface area contributed by atoms with Gasteiger partial charge in [-0.05, 0) is 13.8 Å². The summed E-state index contributed by atoms with van der Waals surface area (Å²) in [6, 6.07) is -0.451.